The van der Waals surface area contributed by atoms with Gasteiger partial charge in [-0.25, -0.2) is 8.78 Å². The zero-order valence-electron chi connectivity index (χ0n) is 3.43. The third-order valence-corrected chi connectivity index (χ3v) is 0.178. The van der Waals surface area contributed by atoms with Crippen LogP contribution in [0.25, 0.3) is 0 Å². The first-order chi connectivity index (χ1) is 2.27. The van der Waals surface area contributed by atoms with Crippen molar-refractivity contribution in [1.82, 2.24) is 0 Å². The highest BCUT2D eigenvalue weighted by atomic mass is 35.5. The van der Waals surface area contributed by atoms with Gasteiger partial charge in [0.1, 0.15) is 0 Å². The van der Waals surface area contributed by atoms with Crippen LogP contribution in [0.1, 0.15) is 0 Å². The lowest BCUT2D eigenvalue weighted by Gasteiger charge is -1.82. The molecule has 0 atom stereocenters. The molecule has 0 rings (SSSR count). The van der Waals surface area contributed by atoms with Crippen molar-refractivity contribution in [2.75, 3.05) is 6.54 Å². The first kappa shape index (κ1) is 15.7. The van der Waals surface area contributed by atoms with E-state index in [-0.39, 0.29) is 24.8 Å². The fraction of sp³-hybridized carbons (Fsp3) is 1.00. The molecule has 0 aromatic carbocycles. The Labute approximate surface area is 53.1 Å². The standard InChI is InChI=1S/C2H5F2N.2ClH/c3-2(4)1-5;;/h2H,1,5H2;2*1H. The molecule has 0 fully saturated rings. The van der Waals surface area contributed by atoms with Gasteiger partial charge < -0.3 is 5.73 Å². The summed E-state index contributed by atoms with van der Waals surface area (Å²) in [7, 11) is 0. The molecule has 0 saturated carbocycles. The van der Waals surface area contributed by atoms with E-state index in [0.29, 0.717) is 0 Å². The normalized spacial score (nSPS) is 6.86. The van der Waals surface area contributed by atoms with Crippen LogP contribution in [0.15, 0.2) is 0 Å². The van der Waals surface area contributed by atoms with Crippen molar-refractivity contribution in [3.63, 3.8) is 0 Å². The molecule has 0 radical (unpaired) electrons. The van der Waals surface area contributed by atoms with Crippen molar-refractivity contribution in [3.8, 4) is 0 Å². The quantitative estimate of drug-likeness (QED) is 0.600. The van der Waals surface area contributed by atoms with Gasteiger partial charge >= 0.3 is 0 Å². The van der Waals surface area contributed by atoms with Crippen LogP contribution in [0.3, 0.4) is 0 Å². The summed E-state index contributed by atoms with van der Waals surface area (Å²) in [6.45, 7) is -0.528. The van der Waals surface area contributed by atoms with E-state index in [4.69, 9.17) is 0 Å². The van der Waals surface area contributed by atoms with E-state index >= 15 is 0 Å². The van der Waals surface area contributed by atoms with E-state index in [0.717, 1.165) is 0 Å². The molecule has 7 heavy (non-hydrogen) atoms. The lowest BCUT2D eigenvalue weighted by Crippen LogP contribution is -2.08. The van der Waals surface area contributed by atoms with Crippen LogP contribution in [0.2, 0.25) is 0 Å². The van der Waals surface area contributed by atoms with E-state index in [1.807, 2.05) is 0 Å². The molecule has 5 heteroatoms. The van der Waals surface area contributed by atoms with Crippen LogP contribution in [-0.4, -0.2) is 13.0 Å². The topological polar surface area (TPSA) is 26.0 Å². The molecule has 0 saturated heterocycles. The van der Waals surface area contributed by atoms with Crippen LogP contribution in [-0.2, 0) is 0 Å². The van der Waals surface area contributed by atoms with E-state index in [9.17, 15) is 8.78 Å². The zero-order chi connectivity index (χ0) is 4.28. The third kappa shape index (κ3) is 21.5. The second-order valence-electron chi connectivity index (χ2n) is 0.627. The minimum absolute atomic E-state index is 0. The van der Waals surface area contributed by atoms with Gasteiger partial charge in [0, 0.05) is 0 Å². The Morgan fingerprint density at radius 2 is 1.43 bits per heavy atom. The van der Waals surface area contributed by atoms with E-state index < -0.39 is 13.0 Å². The molecule has 0 heterocycles. The molecule has 2 N–H and O–H groups in total. The van der Waals surface area contributed by atoms with Crippen LogP contribution in [0.5, 0.6) is 0 Å². The number of hydrogen-bond donors (Lipinski definition) is 1. The number of alkyl halides is 2. The molecule has 0 aromatic heterocycles. The summed E-state index contributed by atoms with van der Waals surface area (Å²) in [6.07, 6.45) is -2.34. The van der Waals surface area contributed by atoms with Crippen LogP contribution in [0, 0.1) is 0 Å². The van der Waals surface area contributed by atoms with Crippen LogP contribution < -0.4 is 5.73 Å². The summed E-state index contributed by atoms with van der Waals surface area (Å²) >= 11 is 0. The van der Waals surface area contributed by atoms with Crippen molar-refractivity contribution in [1.29, 1.82) is 0 Å². The first-order valence-electron chi connectivity index (χ1n) is 1.25. The van der Waals surface area contributed by atoms with Crippen LogP contribution >= 0.6 is 24.8 Å². The van der Waals surface area contributed by atoms with Crippen LogP contribution in [0.4, 0.5) is 8.78 Å². The molecule has 0 unspecified atom stereocenters. The van der Waals surface area contributed by atoms with Gasteiger partial charge in [-0.3, -0.25) is 0 Å². The molecule has 0 spiro atoms. The molecule has 0 aliphatic carbocycles. The molecule has 0 bridgehead atoms. The van der Waals surface area contributed by atoms with Gasteiger partial charge in [-0.15, -0.1) is 24.8 Å². The maximum Gasteiger partial charge on any atom is 0.250 e. The van der Waals surface area contributed by atoms with E-state index in [1.54, 1.807) is 0 Å². The average Bonchev–Trinajstić information content (AvgIpc) is 1.38. The van der Waals surface area contributed by atoms with Gasteiger partial charge in [-0.2, -0.15) is 0 Å². The van der Waals surface area contributed by atoms with Gasteiger partial charge in [-0.1, -0.05) is 0 Å². The minimum atomic E-state index is -2.34. The minimum Gasteiger partial charge on any atom is -0.325 e. The molecule has 0 aliphatic rings. The second kappa shape index (κ2) is 9.64. The summed E-state index contributed by atoms with van der Waals surface area (Å²) in [5.74, 6) is 0. The number of rotatable bonds is 1. The summed E-state index contributed by atoms with van der Waals surface area (Å²) in [5.41, 5.74) is 4.42. The largest absolute Gasteiger partial charge is 0.325 e. The van der Waals surface area contributed by atoms with Crippen molar-refractivity contribution < 1.29 is 8.78 Å². The number of halogens is 4. The second-order valence-corrected chi connectivity index (χ2v) is 0.627. The maximum absolute atomic E-state index is 10.6. The highest BCUT2D eigenvalue weighted by molar-refractivity contribution is 5.85. The monoisotopic (exact) mass is 153 g/mol. The van der Waals surface area contributed by atoms with Crippen molar-refractivity contribution in [2.45, 2.75) is 6.43 Å². The van der Waals surface area contributed by atoms with Gasteiger partial charge in [0.15, 0.2) is 0 Å². The molecular weight excluding hydrogens is 147 g/mol. The molecular formula is C2H7Cl2F2N. The van der Waals surface area contributed by atoms with E-state index in [2.05, 4.69) is 5.73 Å². The van der Waals surface area contributed by atoms with Crippen molar-refractivity contribution >= 4 is 24.8 Å². The molecule has 0 aromatic rings. The summed E-state index contributed by atoms with van der Waals surface area (Å²) < 4.78 is 21.3. The summed E-state index contributed by atoms with van der Waals surface area (Å²) in [6, 6.07) is 0. The number of hydrogen-bond acceptors (Lipinski definition) is 1. The summed E-state index contributed by atoms with van der Waals surface area (Å²) in [5, 5.41) is 0. The zero-order valence-corrected chi connectivity index (χ0v) is 5.07. The average molecular weight is 154 g/mol. The Bertz CT molecular complexity index is 27.7. The maximum atomic E-state index is 10.6. The Balaban J connectivity index is -0.0000000800. The Hall–Kier alpha value is 0.400. The van der Waals surface area contributed by atoms with E-state index in [1.165, 1.54) is 0 Å². The Morgan fingerprint density at radius 3 is 1.43 bits per heavy atom. The first-order valence-corrected chi connectivity index (χ1v) is 1.25. The van der Waals surface area contributed by atoms with Gasteiger partial charge in [0.2, 0.25) is 0 Å². The van der Waals surface area contributed by atoms with Gasteiger partial charge in [0.05, 0.1) is 6.54 Å². The van der Waals surface area contributed by atoms with Crippen molar-refractivity contribution in [2.24, 2.45) is 5.73 Å². The molecule has 0 aliphatic heterocycles. The molecule has 1 nitrogen and oxygen atoms in total. The fourth-order valence-electron chi connectivity index (χ4n) is 0. The van der Waals surface area contributed by atoms with Gasteiger partial charge in [-0.05, 0) is 0 Å². The lowest BCUT2D eigenvalue weighted by atomic mass is 10.7. The molecule has 0 amide bonds. The highest BCUT2D eigenvalue weighted by Gasteiger charge is 1.91. The lowest BCUT2D eigenvalue weighted by molar-refractivity contribution is 0.158. The number of nitrogens with two attached hydrogens (primary N) is 1. The highest BCUT2D eigenvalue weighted by Crippen LogP contribution is 1.82. The molecule has 48 valence electrons. The fourth-order valence-corrected chi connectivity index (χ4v) is 0. The SMILES string of the molecule is Cl.Cl.NCC(F)F. The summed E-state index contributed by atoms with van der Waals surface area (Å²) in [4.78, 5) is 0. The third-order valence-electron chi connectivity index (χ3n) is 0.178. The Morgan fingerprint density at radius 1 is 1.29 bits per heavy atom. The predicted octanol–water partition coefficient (Wildman–Crippen LogP) is 1.05. The van der Waals surface area contributed by atoms with Gasteiger partial charge in [0.25, 0.3) is 6.43 Å². The smallest absolute Gasteiger partial charge is 0.250 e. The Kier molecular flexibility index (Phi) is 21.6. The van der Waals surface area contributed by atoms with Crippen molar-refractivity contribution in [3.05, 3.63) is 0 Å². The predicted molar refractivity (Wildman–Crippen MR) is 29.6 cm³/mol.